The van der Waals surface area contributed by atoms with E-state index in [1.165, 1.54) is 0 Å². The summed E-state index contributed by atoms with van der Waals surface area (Å²) in [7, 11) is 0. The van der Waals surface area contributed by atoms with Crippen molar-refractivity contribution >= 4 is 34.7 Å². The number of carbonyl (C=O) groups excluding carboxylic acids is 1. The van der Waals surface area contributed by atoms with Gasteiger partial charge in [0.2, 0.25) is 5.91 Å². The molecule has 0 radical (unpaired) electrons. The van der Waals surface area contributed by atoms with E-state index in [1.54, 1.807) is 28.3 Å². The van der Waals surface area contributed by atoms with Gasteiger partial charge in [-0.15, -0.1) is 11.3 Å². The summed E-state index contributed by atoms with van der Waals surface area (Å²) in [6.45, 7) is 0.601. The van der Waals surface area contributed by atoms with Crippen molar-refractivity contribution in [2.45, 2.75) is 19.4 Å². The van der Waals surface area contributed by atoms with Crippen LogP contribution in [0.15, 0.2) is 72.2 Å². The maximum atomic E-state index is 12.5. The van der Waals surface area contributed by atoms with Crippen molar-refractivity contribution < 1.29 is 4.79 Å². The molecule has 5 nitrogen and oxygen atoms in total. The molecule has 0 aliphatic carbocycles. The predicted molar refractivity (Wildman–Crippen MR) is 116 cm³/mol. The minimum Gasteiger partial charge on any atom is -0.311 e. The van der Waals surface area contributed by atoms with Crippen molar-refractivity contribution in [2.75, 3.05) is 5.32 Å². The third kappa shape index (κ3) is 5.31. The van der Waals surface area contributed by atoms with Gasteiger partial charge in [0.15, 0.2) is 0 Å². The van der Waals surface area contributed by atoms with Gasteiger partial charge in [0, 0.05) is 22.9 Å². The van der Waals surface area contributed by atoms with Crippen molar-refractivity contribution in [3.05, 3.63) is 99.1 Å². The molecule has 2 aromatic carbocycles. The fourth-order valence-electron chi connectivity index (χ4n) is 3.01. The first-order valence-electron chi connectivity index (χ1n) is 9.19. The van der Waals surface area contributed by atoms with Crippen LogP contribution in [0, 0.1) is 0 Å². The largest absolute Gasteiger partial charge is 0.311 e. The zero-order chi connectivity index (χ0) is 20.1. The number of benzene rings is 2. The van der Waals surface area contributed by atoms with Crippen molar-refractivity contribution in [2.24, 2.45) is 0 Å². The summed E-state index contributed by atoms with van der Waals surface area (Å²) < 4.78 is 1.78. The standard InChI is InChI=1S/C22H19ClN4OS/c23-18-8-4-7-17(11-18)12-22-25-19(15-29-22)13-21(28)26-20-9-10-24-27(20)14-16-5-2-1-3-6-16/h1-11,15H,12-14H2,(H,26,28). The Morgan fingerprint density at radius 1 is 1.07 bits per heavy atom. The minimum atomic E-state index is -0.112. The van der Waals surface area contributed by atoms with E-state index in [9.17, 15) is 4.79 Å². The van der Waals surface area contributed by atoms with Crippen LogP contribution in [0.4, 0.5) is 5.82 Å². The molecule has 2 aromatic heterocycles. The van der Waals surface area contributed by atoms with Crippen molar-refractivity contribution in [3.63, 3.8) is 0 Å². The molecule has 0 bridgehead atoms. The van der Waals surface area contributed by atoms with Crippen LogP contribution in [-0.4, -0.2) is 20.7 Å². The number of hydrogen-bond donors (Lipinski definition) is 1. The van der Waals surface area contributed by atoms with Crippen LogP contribution in [-0.2, 0) is 24.2 Å². The van der Waals surface area contributed by atoms with Crippen molar-refractivity contribution in [1.29, 1.82) is 0 Å². The average Bonchev–Trinajstić information content (AvgIpc) is 3.32. The van der Waals surface area contributed by atoms with Gasteiger partial charge in [0.1, 0.15) is 5.82 Å². The van der Waals surface area contributed by atoms with Crippen LogP contribution in [0.5, 0.6) is 0 Å². The lowest BCUT2D eigenvalue weighted by Crippen LogP contribution is -2.18. The van der Waals surface area contributed by atoms with E-state index in [-0.39, 0.29) is 12.3 Å². The fraction of sp³-hybridized carbons (Fsp3) is 0.136. The van der Waals surface area contributed by atoms with Gasteiger partial charge in [0.05, 0.1) is 29.9 Å². The van der Waals surface area contributed by atoms with E-state index in [4.69, 9.17) is 11.6 Å². The number of rotatable bonds is 7. The zero-order valence-electron chi connectivity index (χ0n) is 15.6. The number of aromatic nitrogens is 3. The number of halogens is 1. The van der Waals surface area contributed by atoms with Crippen molar-refractivity contribution in [3.8, 4) is 0 Å². The molecule has 2 heterocycles. The van der Waals surface area contributed by atoms with Gasteiger partial charge >= 0.3 is 0 Å². The van der Waals surface area contributed by atoms with E-state index < -0.39 is 0 Å². The molecule has 4 rings (SSSR count). The zero-order valence-corrected chi connectivity index (χ0v) is 17.2. The molecule has 0 unspecified atom stereocenters. The van der Waals surface area contributed by atoms with Crippen LogP contribution in [0.25, 0.3) is 0 Å². The fourth-order valence-corrected chi connectivity index (χ4v) is 4.05. The van der Waals surface area contributed by atoms with Gasteiger partial charge < -0.3 is 5.32 Å². The summed E-state index contributed by atoms with van der Waals surface area (Å²) in [5, 5.41) is 10.8. The Kier molecular flexibility index (Phi) is 6.03. The number of nitrogens with one attached hydrogen (secondary N) is 1. The molecule has 0 atom stereocenters. The van der Waals surface area contributed by atoms with E-state index in [0.717, 1.165) is 21.8 Å². The molecule has 0 fully saturated rings. The van der Waals surface area contributed by atoms with Gasteiger partial charge in [0.25, 0.3) is 0 Å². The summed E-state index contributed by atoms with van der Waals surface area (Å²) in [6, 6.07) is 19.5. The summed E-state index contributed by atoms with van der Waals surface area (Å²) in [5.74, 6) is 0.563. The Hall–Kier alpha value is -2.96. The first-order valence-corrected chi connectivity index (χ1v) is 10.4. The van der Waals surface area contributed by atoms with Gasteiger partial charge in [-0.05, 0) is 23.3 Å². The molecular formula is C22H19ClN4OS. The van der Waals surface area contributed by atoms with Crippen LogP contribution >= 0.6 is 22.9 Å². The van der Waals surface area contributed by atoms with Gasteiger partial charge in [-0.25, -0.2) is 9.67 Å². The maximum absolute atomic E-state index is 12.5. The average molecular weight is 423 g/mol. The number of carbonyl (C=O) groups is 1. The molecular weight excluding hydrogens is 404 g/mol. The topological polar surface area (TPSA) is 59.8 Å². The maximum Gasteiger partial charge on any atom is 0.231 e. The molecule has 4 aromatic rings. The molecule has 0 saturated heterocycles. The van der Waals surface area contributed by atoms with Crippen LogP contribution in [0.2, 0.25) is 5.02 Å². The van der Waals surface area contributed by atoms with Gasteiger partial charge in [-0.3, -0.25) is 4.79 Å². The highest BCUT2D eigenvalue weighted by Gasteiger charge is 2.11. The molecule has 1 amide bonds. The number of nitrogens with zero attached hydrogens (tertiary/aromatic N) is 3. The van der Waals surface area contributed by atoms with E-state index in [1.807, 2.05) is 60.0 Å². The number of hydrogen-bond acceptors (Lipinski definition) is 4. The van der Waals surface area contributed by atoms with Gasteiger partial charge in [-0.2, -0.15) is 5.10 Å². The lowest BCUT2D eigenvalue weighted by atomic mass is 10.2. The molecule has 7 heteroatoms. The highest BCUT2D eigenvalue weighted by atomic mass is 35.5. The smallest absolute Gasteiger partial charge is 0.231 e. The van der Waals surface area contributed by atoms with Gasteiger partial charge in [-0.1, -0.05) is 54.1 Å². The Bertz CT molecular complexity index is 1110. The summed E-state index contributed by atoms with van der Waals surface area (Å²) >= 11 is 7.59. The SMILES string of the molecule is O=C(Cc1csc(Cc2cccc(Cl)c2)n1)Nc1ccnn1Cc1ccccc1. The summed E-state index contributed by atoms with van der Waals surface area (Å²) in [4.78, 5) is 17.1. The number of anilines is 1. The Morgan fingerprint density at radius 3 is 2.72 bits per heavy atom. The third-order valence-electron chi connectivity index (χ3n) is 4.34. The van der Waals surface area contributed by atoms with E-state index in [2.05, 4.69) is 15.4 Å². The molecule has 0 spiro atoms. The first-order chi connectivity index (χ1) is 14.2. The second-order valence-electron chi connectivity index (χ2n) is 6.62. The normalized spacial score (nSPS) is 10.8. The second-order valence-corrected chi connectivity index (χ2v) is 8.00. The van der Waals surface area contributed by atoms with Crippen LogP contribution < -0.4 is 5.32 Å². The quantitative estimate of drug-likeness (QED) is 0.464. The molecule has 29 heavy (non-hydrogen) atoms. The molecule has 1 N–H and O–H groups in total. The molecule has 0 aliphatic rings. The summed E-state index contributed by atoms with van der Waals surface area (Å²) in [6.07, 6.45) is 2.61. The highest BCUT2D eigenvalue weighted by molar-refractivity contribution is 7.09. The van der Waals surface area contributed by atoms with E-state index in [0.29, 0.717) is 23.8 Å². The Labute approximate surface area is 178 Å². The molecule has 146 valence electrons. The number of thiazole rings is 1. The molecule has 0 saturated carbocycles. The van der Waals surface area contributed by atoms with Crippen LogP contribution in [0.1, 0.15) is 21.8 Å². The second kappa shape index (κ2) is 9.03. The Balaban J connectivity index is 1.36. The van der Waals surface area contributed by atoms with Crippen LogP contribution in [0.3, 0.4) is 0 Å². The predicted octanol–water partition coefficient (Wildman–Crippen LogP) is 4.81. The highest BCUT2D eigenvalue weighted by Crippen LogP contribution is 2.18. The Morgan fingerprint density at radius 2 is 1.90 bits per heavy atom. The lowest BCUT2D eigenvalue weighted by Gasteiger charge is -2.08. The van der Waals surface area contributed by atoms with Crippen molar-refractivity contribution in [1.82, 2.24) is 14.8 Å². The minimum absolute atomic E-state index is 0.112. The molecule has 0 aliphatic heterocycles. The monoisotopic (exact) mass is 422 g/mol. The van der Waals surface area contributed by atoms with E-state index >= 15 is 0 Å². The number of amides is 1. The third-order valence-corrected chi connectivity index (χ3v) is 5.48. The first kappa shape index (κ1) is 19.4. The summed E-state index contributed by atoms with van der Waals surface area (Å²) in [5.41, 5.74) is 2.99. The lowest BCUT2D eigenvalue weighted by molar-refractivity contribution is -0.115.